The van der Waals surface area contributed by atoms with Crippen LogP contribution < -0.4 is 5.32 Å². The number of carbonyl (C=O) groups is 2. The van der Waals surface area contributed by atoms with Crippen molar-refractivity contribution in [1.29, 1.82) is 0 Å². The second-order valence-electron chi connectivity index (χ2n) is 5.60. The maximum Gasteiger partial charge on any atom is 0.255 e. The molecule has 0 heterocycles. The first kappa shape index (κ1) is 16.7. The number of anilines is 1. The average molecular weight is 314 g/mol. The van der Waals surface area contributed by atoms with Gasteiger partial charge in [0.05, 0.1) is 0 Å². The third kappa shape index (κ3) is 3.56. The summed E-state index contributed by atoms with van der Waals surface area (Å²) in [7, 11) is 3.34. The lowest BCUT2D eigenvalue weighted by Crippen LogP contribution is -2.23. The summed E-state index contributed by atoms with van der Waals surface area (Å²) < 4.78 is 13.6. The molecular formula is C18H19FN2O2. The molecule has 0 spiro atoms. The summed E-state index contributed by atoms with van der Waals surface area (Å²) >= 11 is 0. The van der Waals surface area contributed by atoms with Crippen LogP contribution in [-0.4, -0.2) is 30.8 Å². The highest BCUT2D eigenvalue weighted by Gasteiger charge is 2.15. The number of nitrogens with zero attached hydrogens (tertiary/aromatic N) is 1. The molecule has 0 aromatic heterocycles. The van der Waals surface area contributed by atoms with E-state index in [9.17, 15) is 14.0 Å². The molecule has 1 N–H and O–H groups in total. The normalized spacial score (nSPS) is 10.3. The molecule has 2 aromatic carbocycles. The molecule has 0 aliphatic carbocycles. The van der Waals surface area contributed by atoms with Gasteiger partial charge in [-0.05, 0) is 49.2 Å². The minimum absolute atomic E-state index is 0.139. The van der Waals surface area contributed by atoms with Gasteiger partial charge in [0.15, 0.2) is 0 Å². The zero-order chi connectivity index (χ0) is 17.1. The van der Waals surface area contributed by atoms with Crippen LogP contribution in [0.15, 0.2) is 36.4 Å². The van der Waals surface area contributed by atoms with Crippen molar-refractivity contribution < 1.29 is 14.0 Å². The van der Waals surface area contributed by atoms with Gasteiger partial charge in [-0.25, -0.2) is 4.39 Å². The number of hydrogen-bond donors (Lipinski definition) is 1. The first-order valence-corrected chi connectivity index (χ1v) is 7.20. The molecule has 0 aliphatic heterocycles. The number of rotatable bonds is 3. The molecule has 0 saturated heterocycles. The van der Waals surface area contributed by atoms with E-state index in [4.69, 9.17) is 0 Å². The van der Waals surface area contributed by atoms with Gasteiger partial charge in [0.25, 0.3) is 11.8 Å². The van der Waals surface area contributed by atoms with Crippen molar-refractivity contribution in [2.45, 2.75) is 13.8 Å². The Labute approximate surface area is 134 Å². The predicted octanol–water partition coefficient (Wildman–Crippen LogP) is 3.40. The fourth-order valence-electron chi connectivity index (χ4n) is 2.17. The van der Waals surface area contributed by atoms with Crippen LogP contribution in [0.3, 0.4) is 0 Å². The number of amides is 2. The van der Waals surface area contributed by atoms with E-state index in [1.807, 2.05) is 0 Å². The van der Waals surface area contributed by atoms with Gasteiger partial charge in [-0.15, -0.1) is 0 Å². The fourth-order valence-corrected chi connectivity index (χ4v) is 2.17. The third-order valence-corrected chi connectivity index (χ3v) is 3.65. The summed E-state index contributed by atoms with van der Waals surface area (Å²) in [5, 5.41) is 2.73. The van der Waals surface area contributed by atoms with Gasteiger partial charge in [0.1, 0.15) is 5.82 Å². The van der Waals surface area contributed by atoms with Gasteiger partial charge in [-0.2, -0.15) is 0 Å². The Morgan fingerprint density at radius 1 is 1.09 bits per heavy atom. The van der Waals surface area contributed by atoms with Crippen LogP contribution in [0.4, 0.5) is 10.1 Å². The van der Waals surface area contributed by atoms with Crippen molar-refractivity contribution in [2.24, 2.45) is 0 Å². The number of hydrogen-bond acceptors (Lipinski definition) is 2. The summed E-state index contributed by atoms with van der Waals surface area (Å²) in [6, 6.07) is 9.45. The second kappa shape index (κ2) is 6.60. The highest BCUT2D eigenvalue weighted by Crippen LogP contribution is 2.21. The molecule has 0 radical (unpaired) electrons. The van der Waals surface area contributed by atoms with E-state index >= 15 is 0 Å². The van der Waals surface area contributed by atoms with E-state index < -0.39 is 11.7 Å². The molecule has 120 valence electrons. The Kier molecular flexibility index (Phi) is 4.79. The van der Waals surface area contributed by atoms with Gasteiger partial charge in [-0.3, -0.25) is 9.59 Å². The van der Waals surface area contributed by atoms with Crippen LogP contribution in [0.1, 0.15) is 31.8 Å². The van der Waals surface area contributed by atoms with E-state index in [0.29, 0.717) is 22.4 Å². The van der Waals surface area contributed by atoms with Gasteiger partial charge in [0, 0.05) is 30.9 Å². The van der Waals surface area contributed by atoms with E-state index in [1.54, 1.807) is 58.3 Å². The van der Waals surface area contributed by atoms with Crippen molar-refractivity contribution in [3.05, 3.63) is 64.5 Å². The zero-order valence-corrected chi connectivity index (χ0v) is 13.6. The summed E-state index contributed by atoms with van der Waals surface area (Å²) in [6.45, 7) is 3.40. The highest BCUT2D eigenvalue weighted by atomic mass is 19.1. The molecule has 23 heavy (non-hydrogen) atoms. The molecule has 5 heteroatoms. The summed E-state index contributed by atoms with van der Waals surface area (Å²) in [5.41, 5.74) is 2.44. The van der Waals surface area contributed by atoms with E-state index in [1.165, 1.54) is 11.0 Å². The van der Waals surface area contributed by atoms with Crippen molar-refractivity contribution in [3.8, 4) is 0 Å². The van der Waals surface area contributed by atoms with Crippen molar-refractivity contribution in [2.75, 3.05) is 19.4 Å². The zero-order valence-electron chi connectivity index (χ0n) is 13.6. The molecule has 4 nitrogen and oxygen atoms in total. The summed E-state index contributed by atoms with van der Waals surface area (Å²) in [5.74, 6) is -0.979. The molecule has 2 aromatic rings. The second-order valence-corrected chi connectivity index (χ2v) is 5.60. The molecular weight excluding hydrogens is 295 g/mol. The van der Waals surface area contributed by atoms with Crippen LogP contribution in [0.25, 0.3) is 0 Å². The molecule has 0 fully saturated rings. The number of benzene rings is 2. The summed E-state index contributed by atoms with van der Waals surface area (Å²) in [6.07, 6.45) is 0. The molecule has 0 aliphatic rings. The maximum absolute atomic E-state index is 13.6. The quantitative estimate of drug-likeness (QED) is 0.944. The first-order chi connectivity index (χ1) is 10.8. The van der Waals surface area contributed by atoms with Crippen LogP contribution in [0.5, 0.6) is 0 Å². The SMILES string of the molecule is Cc1ccc(C(=O)Nc2cccc(C(=O)N(C)C)c2C)cc1F. The fraction of sp³-hybridized carbons (Fsp3) is 0.222. The molecule has 2 rings (SSSR count). The van der Waals surface area contributed by atoms with Gasteiger partial charge in [-0.1, -0.05) is 12.1 Å². The van der Waals surface area contributed by atoms with E-state index in [2.05, 4.69) is 5.32 Å². The standard InChI is InChI=1S/C18H19FN2O2/c1-11-8-9-13(10-15(11)19)17(22)20-16-7-5-6-14(12(16)2)18(23)21(3)4/h5-10H,1-4H3,(H,20,22). The molecule has 0 saturated carbocycles. The van der Waals surface area contributed by atoms with Crippen molar-refractivity contribution >= 4 is 17.5 Å². The van der Waals surface area contributed by atoms with Crippen LogP contribution in [0.2, 0.25) is 0 Å². The van der Waals surface area contributed by atoms with Crippen LogP contribution >= 0.6 is 0 Å². The Morgan fingerprint density at radius 2 is 1.78 bits per heavy atom. The Balaban J connectivity index is 2.29. The maximum atomic E-state index is 13.6. The summed E-state index contributed by atoms with van der Waals surface area (Å²) in [4.78, 5) is 25.9. The Morgan fingerprint density at radius 3 is 2.39 bits per heavy atom. The lowest BCUT2D eigenvalue weighted by molar-refractivity contribution is 0.0826. The van der Waals surface area contributed by atoms with E-state index in [-0.39, 0.29) is 11.5 Å². The topological polar surface area (TPSA) is 49.4 Å². The minimum Gasteiger partial charge on any atom is -0.345 e. The van der Waals surface area contributed by atoms with Crippen molar-refractivity contribution in [3.63, 3.8) is 0 Å². The largest absolute Gasteiger partial charge is 0.345 e. The van der Waals surface area contributed by atoms with Gasteiger partial charge in [0.2, 0.25) is 0 Å². The van der Waals surface area contributed by atoms with Crippen molar-refractivity contribution in [1.82, 2.24) is 4.90 Å². The molecule has 0 unspecified atom stereocenters. The number of halogens is 1. The number of nitrogens with one attached hydrogen (secondary N) is 1. The monoisotopic (exact) mass is 314 g/mol. The third-order valence-electron chi connectivity index (χ3n) is 3.65. The molecule has 2 amide bonds. The number of aryl methyl sites for hydroxylation is 1. The smallest absolute Gasteiger partial charge is 0.255 e. The molecule has 0 atom stereocenters. The minimum atomic E-state index is -0.425. The lowest BCUT2D eigenvalue weighted by atomic mass is 10.0. The Bertz CT molecular complexity index is 770. The first-order valence-electron chi connectivity index (χ1n) is 7.20. The highest BCUT2D eigenvalue weighted by molar-refractivity contribution is 6.06. The Hall–Kier alpha value is -2.69. The average Bonchev–Trinajstić information content (AvgIpc) is 2.51. The molecule has 0 bridgehead atoms. The van der Waals surface area contributed by atoms with Crippen LogP contribution in [-0.2, 0) is 0 Å². The van der Waals surface area contributed by atoms with Gasteiger partial charge >= 0.3 is 0 Å². The van der Waals surface area contributed by atoms with Gasteiger partial charge < -0.3 is 10.2 Å². The number of carbonyl (C=O) groups excluding carboxylic acids is 2. The van der Waals surface area contributed by atoms with Crippen LogP contribution in [0, 0.1) is 19.7 Å². The van der Waals surface area contributed by atoms with E-state index in [0.717, 1.165) is 0 Å². The lowest BCUT2D eigenvalue weighted by Gasteiger charge is -2.15. The predicted molar refractivity (Wildman–Crippen MR) is 88.3 cm³/mol.